The monoisotopic (exact) mass is 354 g/mol. The minimum absolute atomic E-state index is 0.391. The van der Waals surface area contributed by atoms with Gasteiger partial charge in [-0.1, -0.05) is 0 Å². The molecule has 2 aromatic rings. The lowest BCUT2D eigenvalue weighted by Crippen LogP contribution is -2.08. The molecule has 1 heterocycles. The van der Waals surface area contributed by atoms with Gasteiger partial charge in [0.2, 0.25) is 0 Å². The van der Waals surface area contributed by atoms with Crippen LogP contribution in [0.5, 0.6) is 0 Å². The van der Waals surface area contributed by atoms with E-state index in [4.69, 9.17) is 10.5 Å². The third kappa shape index (κ3) is 3.32. The molecular formula is C14H15BrN2O2S. The van der Waals surface area contributed by atoms with Crippen molar-refractivity contribution >= 4 is 44.6 Å². The Morgan fingerprint density at radius 1 is 1.45 bits per heavy atom. The van der Waals surface area contributed by atoms with Crippen LogP contribution in [0.25, 0.3) is 0 Å². The molecule has 0 saturated heterocycles. The molecule has 20 heavy (non-hydrogen) atoms. The first-order valence-electron chi connectivity index (χ1n) is 5.96. The Hall–Kier alpha value is -1.53. The molecule has 0 aliphatic rings. The lowest BCUT2D eigenvalue weighted by Gasteiger charge is -2.11. The van der Waals surface area contributed by atoms with Crippen molar-refractivity contribution < 1.29 is 9.53 Å². The smallest absolute Gasteiger partial charge is 0.340 e. The lowest BCUT2D eigenvalue weighted by atomic mass is 10.1. The first-order valence-corrected chi connectivity index (χ1v) is 7.63. The van der Waals surface area contributed by atoms with E-state index in [-0.39, 0.29) is 0 Å². The Bertz CT molecular complexity index is 640. The normalized spacial score (nSPS) is 10.3. The Kier molecular flexibility index (Phi) is 4.67. The van der Waals surface area contributed by atoms with Gasteiger partial charge in [0.25, 0.3) is 0 Å². The molecule has 0 radical (unpaired) electrons. The van der Waals surface area contributed by atoms with E-state index >= 15 is 0 Å². The quantitative estimate of drug-likeness (QED) is 0.647. The van der Waals surface area contributed by atoms with Gasteiger partial charge < -0.3 is 15.8 Å². The summed E-state index contributed by atoms with van der Waals surface area (Å²) in [5.74, 6) is -0.423. The minimum atomic E-state index is -0.423. The molecule has 2 rings (SSSR count). The summed E-state index contributed by atoms with van der Waals surface area (Å²) in [6, 6.07) is 5.70. The molecule has 0 bridgehead atoms. The highest BCUT2D eigenvalue weighted by atomic mass is 79.9. The van der Waals surface area contributed by atoms with Gasteiger partial charge in [0.05, 0.1) is 12.7 Å². The number of carbonyl (C=O) groups excluding carboxylic acids is 1. The number of rotatable bonds is 4. The summed E-state index contributed by atoms with van der Waals surface area (Å²) < 4.78 is 5.81. The van der Waals surface area contributed by atoms with Gasteiger partial charge in [-0.05, 0) is 46.6 Å². The summed E-state index contributed by atoms with van der Waals surface area (Å²) in [5.41, 5.74) is 8.45. The maximum absolute atomic E-state index is 11.7. The molecular weight excluding hydrogens is 340 g/mol. The van der Waals surface area contributed by atoms with Crippen LogP contribution in [0.2, 0.25) is 0 Å². The van der Waals surface area contributed by atoms with Crippen molar-refractivity contribution in [3.8, 4) is 0 Å². The maximum atomic E-state index is 11.7. The van der Waals surface area contributed by atoms with Crippen molar-refractivity contribution in [2.24, 2.45) is 0 Å². The number of halogens is 1. The van der Waals surface area contributed by atoms with Gasteiger partial charge in [0.15, 0.2) is 0 Å². The number of nitrogens with one attached hydrogen (secondary N) is 1. The Balaban J connectivity index is 2.19. The summed E-state index contributed by atoms with van der Waals surface area (Å²) in [6.07, 6.45) is 0. The highest BCUT2D eigenvalue weighted by Crippen LogP contribution is 2.25. The molecule has 0 fully saturated rings. The van der Waals surface area contributed by atoms with E-state index in [0.29, 0.717) is 17.8 Å². The van der Waals surface area contributed by atoms with Crippen LogP contribution in [0.1, 0.15) is 20.8 Å². The van der Waals surface area contributed by atoms with Gasteiger partial charge in [-0.25, -0.2) is 4.79 Å². The van der Waals surface area contributed by atoms with E-state index < -0.39 is 5.97 Å². The van der Waals surface area contributed by atoms with Gasteiger partial charge in [-0.15, -0.1) is 11.3 Å². The second kappa shape index (κ2) is 6.28. The molecule has 0 unspecified atom stereocenters. The molecule has 3 N–H and O–H groups in total. The number of nitrogens with two attached hydrogens (primary N) is 1. The Morgan fingerprint density at radius 2 is 2.20 bits per heavy atom. The Morgan fingerprint density at radius 3 is 2.80 bits per heavy atom. The molecule has 106 valence electrons. The van der Waals surface area contributed by atoms with Gasteiger partial charge >= 0.3 is 5.97 Å². The average Bonchev–Trinajstić information content (AvgIpc) is 2.85. The van der Waals surface area contributed by atoms with Crippen LogP contribution in [0.4, 0.5) is 11.4 Å². The fraction of sp³-hybridized carbons (Fsp3) is 0.214. The molecule has 0 aliphatic heterocycles. The van der Waals surface area contributed by atoms with E-state index in [9.17, 15) is 4.79 Å². The van der Waals surface area contributed by atoms with Crippen molar-refractivity contribution in [1.82, 2.24) is 0 Å². The van der Waals surface area contributed by atoms with Crippen molar-refractivity contribution in [2.75, 3.05) is 18.2 Å². The van der Waals surface area contributed by atoms with Gasteiger partial charge in [-0.3, -0.25) is 0 Å². The summed E-state index contributed by atoms with van der Waals surface area (Å²) in [6.45, 7) is 2.56. The summed E-state index contributed by atoms with van der Waals surface area (Å²) in [5, 5.41) is 5.32. The van der Waals surface area contributed by atoms with Crippen molar-refractivity contribution in [3.63, 3.8) is 0 Å². The second-order valence-electron chi connectivity index (χ2n) is 4.33. The Labute approximate surface area is 130 Å². The third-order valence-electron chi connectivity index (χ3n) is 2.88. The van der Waals surface area contributed by atoms with E-state index in [0.717, 1.165) is 15.7 Å². The molecule has 0 spiro atoms. The number of thiophene rings is 1. The van der Waals surface area contributed by atoms with Crippen LogP contribution in [0.3, 0.4) is 0 Å². The lowest BCUT2D eigenvalue weighted by molar-refractivity contribution is 0.0602. The van der Waals surface area contributed by atoms with E-state index in [1.807, 2.05) is 18.4 Å². The number of esters is 1. The van der Waals surface area contributed by atoms with Crippen molar-refractivity contribution in [2.45, 2.75) is 13.5 Å². The molecule has 0 aliphatic carbocycles. The highest BCUT2D eigenvalue weighted by Gasteiger charge is 2.13. The summed E-state index contributed by atoms with van der Waals surface area (Å²) in [4.78, 5) is 12.9. The molecule has 0 saturated carbocycles. The largest absolute Gasteiger partial charge is 0.465 e. The highest BCUT2D eigenvalue weighted by molar-refractivity contribution is 9.10. The summed E-state index contributed by atoms with van der Waals surface area (Å²) >= 11 is 5.09. The van der Waals surface area contributed by atoms with E-state index in [1.165, 1.54) is 12.0 Å². The number of nitrogen functional groups attached to an aromatic ring is 1. The first-order chi connectivity index (χ1) is 9.51. The van der Waals surface area contributed by atoms with Gasteiger partial charge in [0, 0.05) is 32.6 Å². The van der Waals surface area contributed by atoms with Crippen molar-refractivity contribution in [1.29, 1.82) is 0 Å². The molecule has 1 aromatic carbocycles. The van der Waals surface area contributed by atoms with Gasteiger partial charge in [-0.2, -0.15) is 0 Å². The number of methoxy groups -OCH3 is 1. The predicted molar refractivity (Wildman–Crippen MR) is 86.3 cm³/mol. The number of ether oxygens (including phenoxy) is 1. The van der Waals surface area contributed by atoms with Crippen LogP contribution in [-0.2, 0) is 11.3 Å². The molecule has 4 nitrogen and oxygen atoms in total. The number of aryl methyl sites for hydroxylation is 1. The number of hydrogen-bond donors (Lipinski definition) is 2. The first kappa shape index (κ1) is 14.9. The van der Waals surface area contributed by atoms with E-state index in [1.54, 1.807) is 17.4 Å². The molecule has 1 aromatic heterocycles. The van der Waals surface area contributed by atoms with Crippen LogP contribution in [-0.4, -0.2) is 13.1 Å². The molecule has 0 atom stereocenters. The standard InChI is InChI=1S/C14H15BrN2O2S/c1-8-3-10(5-12(13(8)16)14(18)19-2)17-6-11-4-9(15)7-20-11/h3-5,7,17H,6,16H2,1-2H3. The predicted octanol–water partition coefficient (Wildman–Crippen LogP) is 3.80. The van der Waals surface area contributed by atoms with Gasteiger partial charge in [0.1, 0.15) is 0 Å². The number of benzene rings is 1. The number of hydrogen-bond acceptors (Lipinski definition) is 5. The zero-order chi connectivity index (χ0) is 14.7. The SMILES string of the molecule is COC(=O)c1cc(NCc2cc(Br)cs2)cc(C)c1N. The van der Waals surface area contributed by atoms with Crippen molar-refractivity contribution in [3.05, 3.63) is 44.1 Å². The average molecular weight is 355 g/mol. The van der Waals surface area contributed by atoms with Crippen LogP contribution in [0.15, 0.2) is 28.1 Å². The zero-order valence-corrected chi connectivity index (χ0v) is 13.6. The van der Waals surface area contributed by atoms with Crippen LogP contribution >= 0.6 is 27.3 Å². The number of anilines is 2. The topological polar surface area (TPSA) is 64.3 Å². The van der Waals surface area contributed by atoms with E-state index in [2.05, 4.69) is 27.3 Å². The van der Waals surface area contributed by atoms with Crippen LogP contribution < -0.4 is 11.1 Å². The molecule has 6 heteroatoms. The maximum Gasteiger partial charge on any atom is 0.340 e. The minimum Gasteiger partial charge on any atom is -0.465 e. The fourth-order valence-corrected chi connectivity index (χ4v) is 3.21. The second-order valence-corrected chi connectivity index (χ2v) is 6.24. The fourth-order valence-electron chi connectivity index (χ4n) is 1.81. The number of carbonyl (C=O) groups is 1. The molecule has 0 amide bonds. The van der Waals surface area contributed by atoms with Crippen LogP contribution in [0, 0.1) is 6.92 Å². The zero-order valence-electron chi connectivity index (χ0n) is 11.2. The third-order valence-corrected chi connectivity index (χ3v) is 4.58. The summed E-state index contributed by atoms with van der Waals surface area (Å²) in [7, 11) is 1.35.